The van der Waals surface area contributed by atoms with E-state index in [2.05, 4.69) is 64.1 Å². The van der Waals surface area contributed by atoms with Gasteiger partial charge in [-0.05, 0) is 32.1 Å². The number of aromatic nitrogens is 4. The molecule has 0 atom stereocenters. The maximum absolute atomic E-state index is 4.44. The normalized spacial score (nSPS) is 11.3. The molecule has 2 aromatic heterocycles. The molecule has 0 aliphatic heterocycles. The van der Waals surface area contributed by atoms with Crippen LogP contribution in [0.5, 0.6) is 0 Å². The van der Waals surface area contributed by atoms with E-state index < -0.39 is 0 Å². The lowest BCUT2D eigenvalue weighted by Crippen LogP contribution is -2.13. The maximum Gasteiger partial charge on any atom is 0.0954 e. The van der Waals surface area contributed by atoms with E-state index >= 15 is 0 Å². The van der Waals surface area contributed by atoms with E-state index in [0.717, 1.165) is 30.0 Å². The number of aryl methyl sites for hydroxylation is 2. The Bertz CT molecular complexity index is 797. The van der Waals surface area contributed by atoms with Gasteiger partial charge in [-0.25, -0.2) is 4.98 Å². The zero-order chi connectivity index (χ0) is 16.4. The van der Waals surface area contributed by atoms with E-state index in [1.807, 2.05) is 31.2 Å². The highest BCUT2D eigenvalue weighted by molar-refractivity contribution is 5.60. The van der Waals surface area contributed by atoms with E-state index in [9.17, 15) is 0 Å². The SMILES string of the molecule is Cc1nn(C)cc1-c1cncn1Cc1ccccc1CN(C)C. The molecule has 5 heteroatoms. The van der Waals surface area contributed by atoms with Crippen molar-refractivity contribution in [3.8, 4) is 11.3 Å². The van der Waals surface area contributed by atoms with Crippen molar-refractivity contribution in [3.63, 3.8) is 0 Å². The van der Waals surface area contributed by atoms with Crippen molar-refractivity contribution >= 4 is 0 Å². The second-order valence-corrected chi connectivity index (χ2v) is 6.22. The maximum atomic E-state index is 4.44. The minimum atomic E-state index is 0.813. The summed E-state index contributed by atoms with van der Waals surface area (Å²) in [6.07, 6.45) is 5.86. The lowest BCUT2D eigenvalue weighted by Gasteiger charge is -2.15. The van der Waals surface area contributed by atoms with Crippen LogP contribution in [-0.4, -0.2) is 38.3 Å². The predicted molar refractivity (Wildman–Crippen MR) is 92.1 cm³/mol. The Morgan fingerprint density at radius 1 is 1.13 bits per heavy atom. The number of rotatable bonds is 5. The van der Waals surface area contributed by atoms with E-state index in [1.54, 1.807) is 0 Å². The summed E-state index contributed by atoms with van der Waals surface area (Å²) >= 11 is 0. The first kappa shape index (κ1) is 15.5. The minimum Gasteiger partial charge on any atom is -0.326 e. The molecule has 3 rings (SSSR count). The van der Waals surface area contributed by atoms with Crippen LogP contribution in [0.3, 0.4) is 0 Å². The van der Waals surface area contributed by atoms with Crippen molar-refractivity contribution in [2.45, 2.75) is 20.0 Å². The Hall–Kier alpha value is -2.40. The Kier molecular flexibility index (Phi) is 4.30. The van der Waals surface area contributed by atoms with Crippen molar-refractivity contribution in [3.05, 3.63) is 59.8 Å². The second kappa shape index (κ2) is 6.38. The van der Waals surface area contributed by atoms with Gasteiger partial charge >= 0.3 is 0 Å². The summed E-state index contributed by atoms with van der Waals surface area (Å²) in [5.41, 5.74) is 5.93. The third kappa shape index (κ3) is 3.35. The molecule has 0 N–H and O–H groups in total. The fourth-order valence-corrected chi connectivity index (χ4v) is 2.91. The summed E-state index contributed by atoms with van der Waals surface area (Å²) in [5.74, 6) is 0. The number of nitrogens with zero attached hydrogens (tertiary/aromatic N) is 5. The first-order chi connectivity index (χ1) is 11.0. The number of hydrogen-bond acceptors (Lipinski definition) is 3. The van der Waals surface area contributed by atoms with Crippen LogP contribution < -0.4 is 0 Å². The van der Waals surface area contributed by atoms with Crippen molar-refractivity contribution in [1.82, 2.24) is 24.2 Å². The minimum absolute atomic E-state index is 0.813. The lowest BCUT2D eigenvalue weighted by molar-refractivity contribution is 0.400. The first-order valence-corrected chi connectivity index (χ1v) is 7.77. The quantitative estimate of drug-likeness (QED) is 0.727. The third-order valence-electron chi connectivity index (χ3n) is 3.95. The fourth-order valence-electron chi connectivity index (χ4n) is 2.91. The smallest absolute Gasteiger partial charge is 0.0954 e. The van der Waals surface area contributed by atoms with Crippen molar-refractivity contribution in [1.29, 1.82) is 0 Å². The molecule has 0 aliphatic carbocycles. The molecule has 0 aliphatic rings. The summed E-state index contributed by atoms with van der Waals surface area (Å²) in [5, 5.41) is 4.44. The third-order valence-corrected chi connectivity index (χ3v) is 3.95. The Morgan fingerprint density at radius 3 is 2.52 bits per heavy atom. The van der Waals surface area contributed by atoms with Crippen LogP contribution in [0.25, 0.3) is 11.3 Å². The van der Waals surface area contributed by atoms with Crippen LogP contribution >= 0.6 is 0 Å². The van der Waals surface area contributed by atoms with Gasteiger partial charge in [-0.15, -0.1) is 0 Å². The largest absolute Gasteiger partial charge is 0.326 e. The molecule has 0 saturated heterocycles. The van der Waals surface area contributed by atoms with E-state index in [0.29, 0.717) is 0 Å². The molecule has 0 radical (unpaired) electrons. The van der Waals surface area contributed by atoms with Crippen LogP contribution in [-0.2, 0) is 20.1 Å². The summed E-state index contributed by atoms with van der Waals surface area (Å²) in [4.78, 5) is 6.54. The molecule has 120 valence electrons. The number of imidazole rings is 1. The Labute approximate surface area is 137 Å². The van der Waals surface area contributed by atoms with Crippen molar-refractivity contribution in [2.75, 3.05) is 14.1 Å². The first-order valence-electron chi connectivity index (χ1n) is 7.77. The van der Waals surface area contributed by atoms with Gasteiger partial charge < -0.3 is 9.47 Å². The van der Waals surface area contributed by atoms with Gasteiger partial charge in [0.1, 0.15) is 0 Å². The summed E-state index contributed by atoms with van der Waals surface area (Å²) in [6, 6.07) is 8.59. The van der Waals surface area contributed by atoms with E-state index in [1.165, 1.54) is 11.1 Å². The van der Waals surface area contributed by atoms with Crippen LogP contribution in [0, 0.1) is 6.92 Å². The van der Waals surface area contributed by atoms with Gasteiger partial charge in [-0.1, -0.05) is 24.3 Å². The highest BCUT2D eigenvalue weighted by atomic mass is 15.3. The molecule has 0 amide bonds. The topological polar surface area (TPSA) is 38.9 Å². The lowest BCUT2D eigenvalue weighted by atomic mass is 10.1. The van der Waals surface area contributed by atoms with Crippen LogP contribution in [0.4, 0.5) is 0 Å². The molecule has 1 aromatic carbocycles. The van der Waals surface area contributed by atoms with E-state index in [4.69, 9.17) is 0 Å². The van der Waals surface area contributed by atoms with Gasteiger partial charge in [-0.2, -0.15) is 5.10 Å². The van der Waals surface area contributed by atoms with E-state index in [-0.39, 0.29) is 0 Å². The van der Waals surface area contributed by atoms with Gasteiger partial charge in [0.15, 0.2) is 0 Å². The molecule has 0 bridgehead atoms. The van der Waals surface area contributed by atoms with Gasteiger partial charge in [0.25, 0.3) is 0 Å². The zero-order valence-electron chi connectivity index (χ0n) is 14.2. The molecular formula is C18H23N5. The Morgan fingerprint density at radius 2 is 1.87 bits per heavy atom. The standard InChI is InChI=1S/C18H23N5/c1-14-17(12-22(4)20-14)18-9-19-13-23(18)11-16-8-6-5-7-15(16)10-21(2)3/h5-9,12-13H,10-11H2,1-4H3. The molecule has 2 heterocycles. The summed E-state index contributed by atoms with van der Waals surface area (Å²) in [7, 11) is 6.14. The van der Waals surface area contributed by atoms with Gasteiger partial charge in [0, 0.05) is 31.9 Å². The number of hydrogen-bond donors (Lipinski definition) is 0. The monoisotopic (exact) mass is 309 g/mol. The molecule has 5 nitrogen and oxygen atoms in total. The van der Waals surface area contributed by atoms with Crippen LogP contribution in [0.1, 0.15) is 16.8 Å². The van der Waals surface area contributed by atoms with Crippen molar-refractivity contribution < 1.29 is 0 Å². The second-order valence-electron chi connectivity index (χ2n) is 6.22. The molecule has 23 heavy (non-hydrogen) atoms. The van der Waals surface area contributed by atoms with Crippen molar-refractivity contribution in [2.24, 2.45) is 7.05 Å². The van der Waals surface area contributed by atoms with Crippen LogP contribution in [0.2, 0.25) is 0 Å². The zero-order valence-corrected chi connectivity index (χ0v) is 14.2. The highest BCUT2D eigenvalue weighted by Crippen LogP contribution is 2.23. The Balaban J connectivity index is 1.94. The predicted octanol–water partition coefficient (Wildman–Crippen LogP) is 2.70. The number of benzene rings is 1. The average molecular weight is 309 g/mol. The summed E-state index contributed by atoms with van der Waals surface area (Å²) < 4.78 is 4.04. The summed E-state index contributed by atoms with van der Waals surface area (Å²) in [6.45, 7) is 3.78. The van der Waals surface area contributed by atoms with Gasteiger partial charge in [-0.3, -0.25) is 4.68 Å². The molecule has 0 spiro atoms. The van der Waals surface area contributed by atoms with Gasteiger partial charge in [0.05, 0.1) is 23.9 Å². The molecule has 0 fully saturated rings. The average Bonchev–Trinajstić information content (AvgIpc) is 3.06. The fraction of sp³-hybridized carbons (Fsp3) is 0.333. The molecule has 0 unspecified atom stereocenters. The highest BCUT2D eigenvalue weighted by Gasteiger charge is 2.12. The molecule has 0 saturated carbocycles. The van der Waals surface area contributed by atoms with Gasteiger partial charge in [0.2, 0.25) is 0 Å². The molecular weight excluding hydrogens is 286 g/mol. The van der Waals surface area contributed by atoms with Crippen LogP contribution in [0.15, 0.2) is 43.0 Å². The molecule has 3 aromatic rings.